The number of aromatic nitrogens is 1. The van der Waals surface area contributed by atoms with Gasteiger partial charge >= 0.3 is 5.97 Å². The summed E-state index contributed by atoms with van der Waals surface area (Å²) in [4.78, 5) is 15.6. The van der Waals surface area contributed by atoms with Crippen LogP contribution in [0.1, 0.15) is 23.0 Å². The predicted molar refractivity (Wildman–Crippen MR) is 71.7 cm³/mol. The topological polar surface area (TPSA) is 64.4 Å². The lowest BCUT2D eigenvalue weighted by atomic mass is 10.2. The molecule has 2 rings (SSSR count). The van der Waals surface area contributed by atoms with Gasteiger partial charge in [0.05, 0.1) is 23.7 Å². The van der Waals surface area contributed by atoms with Crippen LogP contribution < -0.4 is 5.32 Å². The van der Waals surface area contributed by atoms with E-state index in [2.05, 4.69) is 10.3 Å². The van der Waals surface area contributed by atoms with E-state index in [9.17, 15) is 4.79 Å². The highest BCUT2D eigenvalue weighted by molar-refractivity contribution is 6.16. The highest BCUT2D eigenvalue weighted by Crippen LogP contribution is 2.17. The van der Waals surface area contributed by atoms with Gasteiger partial charge in [0.2, 0.25) is 0 Å². The SMILES string of the molecule is CCOC(=O)c1ccc(Nc2nc(CCl)co2)cc1. The number of benzene rings is 1. The van der Waals surface area contributed by atoms with Crippen molar-refractivity contribution in [2.45, 2.75) is 12.8 Å². The standard InChI is InChI=1S/C13H13ClN2O3/c1-2-18-12(17)9-3-5-10(6-4-9)15-13-16-11(7-14)8-19-13/h3-6,8H,2,7H2,1H3,(H,15,16). The molecular formula is C13H13ClN2O3. The molecular weight excluding hydrogens is 268 g/mol. The van der Waals surface area contributed by atoms with Crippen LogP contribution in [0.3, 0.4) is 0 Å². The van der Waals surface area contributed by atoms with Gasteiger partial charge in [0.25, 0.3) is 6.01 Å². The van der Waals surface area contributed by atoms with Gasteiger partial charge < -0.3 is 14.5 Å². The van der Waals surface area contributed by atoms with Crippen molar-refractivity contribution in [3.63, 3.8) is 0 Å². The number of oxazole rings is 1. The number of alkyl halides is 1. The van der Waals surface area contributed by atoms with Crippen LogP contribution in [0.15, 0.2) is 34.9 Å². The van der Waals surface area contributed by atoms with E-state index in [1.807, 2.05) is 0 Å². The summed E-state index contributed by atoms with van der Waals surface area (Å²) in [5.74, 6) is -0.0397. The molecule has 1 aromatic carbocycles. The molecule has 0 saturated carbocycles. The Hall–Kier alpha value is -2.01. The Balaban J connectivity index is 2.04. The summed E-state index contributed by atoms with van der Waals surface area (Å²) in [7, 11) is 0. The number of carbonyl (C=O) groups is 1. The van der Waals surface area contributed by atoms with Gasteiger partial charge in [-0.15, -0.1) is 11.6 Å². The summed E-state index contributed by atoms with van der Waals surface area (Å²) in [6, 6.07) is 7.20. The number of nitrogens with zero attached hydrogens (tertiary/aromatic N) is 1. The zero-order valence-corrected chi connectivity index (χ0v) is 11.1. The van der Waals surface area contributed by atoms with Gasteiger partial charge in [-0.25, -0.2) is 4.79 Å². The maximum Gasteiger partial charge on any atom is 0.338 e. The molecule has 19 heavy (non-hydrogen) atoms. The van der Waals surface area contributed by atoms with E-state index in [1.165, 1.54) is 6.26 Å². The molecule has 0 spiro atoms. The molecule has 0 atom stereocenters. The molecule has 1 N–H and O–H groups in total. The first-order chi connectivity index (χ1) is 9.22. The smallest absolute Gasteiger partial charge is 0.338 e. The highest BCUT2D eigenvalue weighted by atomic mass is 35.5. The van der Waals surface area contributed by atoms with Gasteiger partial charge in [-0.2, -0.15) is 4.98 Å². The third kappa shape index (κ3) is 3.48. The predicted octanol–water partition coefficient (Wildman–Crippen LogP) is 3.33. The van der Waals surface area contributed by atoms with Crippen LogP contribution in [0.5, 0.6) is 0 Å². The number of nitrogens with one attached hydrogen (secondary N) is 1. The van der Waals surface area contributed by atoms with Crippen LogP contribution in [-0.2, 0) is 10.6 Å². The molecule has 0 saturated heterocycles. The summed E-state index contributed by atoms with van der Waals surface area (Å²) in [6.07, 6.45) is 1.49. The molecule has 0 fully saturated rings. The van der Waals surface area contributed by atoms with Crippen LogP contribution in [0, 0.1) is 0 Å². The van der Waals surface area contributed by atoms with E-state index in [0.29, 0.717) is 29.8 Å². The molecule has 0 unspecified atom stereocenters. The van der Waals surface area contributed by atoms with E-state index in [4.69, 9.17) is 20.8 Å². The zero-order chi connectivity index (χ0) is 13.7. The summed E-state index contributed by atoms with van der Waals surface area (Å²) in [5, 5.41) is 2.97. The molecule has 0 aliphatic rings. The van der Waals surface area contributed by atoms with Gasteiger partial charge in [0, 0.05) is 5.69 Å². The minimum Gasteiger partial charge on any atom is -0.462 e. The Bertz CT molecular complexity index is 551. The molecule has 1 heterocycles. The second kappa shape index (κ2) is 6.24. The zero-order valence-electron chi connectivity index (χ0n) is 10.4. The Morgan fingerprint density at radius 2 is 2.16 bits per heavy atom. The van der Waals surface area contributed by atoms with Crippen LogP contribution in [0.25, 0.3) is 0 Å². The van der Waals surface area contributed by atoms with Crippen molar-refractivity contribution in [3.8, 4) is 0 Å². The fraction of sp³-hybridized carbons (Fsp3) is 0.231. The lowest BCUT2D eigenvalue weighted by Crippen LogP contribution is -2.04. The normalized spacial score (nSPS) is 10.2. The van der Waals surface area contributed by atoms with Crippen molar-refractivity contribution < 1.29 is 13.9 Å². The van der Waals surface area contributed by atoms with Crippen molar-refractivity contribution in [2.75, 3.05) is 11.9 Å². The quantitative estimate of drug-likeness (QED) is 0.672. The molecule has 100 valence electrons. The monoisotopic (exact) mass is 280 g/mol. The fourth-order valence-electron chi connectivity index (χ4n) is 1.45. The number of rotatable bonds is 5. The average molecular weight is 281 g/mol. The number of ether oxygens (including phenoxy) is 1. The molecule has 0 amide bonds. The third-order valence-corrected chi connectivity index (χ3v) is 2.61. The van der Waals surface area contributed by atoms with E-state index in [1.54, 1.807) is 31.2 Å². The minimum atomic E-state index is -0.338. The number of esters is 1. The number of anilines is 2. The summed E-state index contributed by atoms with van der Waals surface area (Å²) >= 11 is 5.63. The lowest BCUT2D eigenvalue weighted by Gasteiger charge is -2.04. The van der Waals surface area contributed by atoms with Crippen molar-refractivity contribution in [3.05, 3.63) is 41.8 Å². The minimum absolute atomic E-state index is 0.299. The van der Waals surface area contributed by atoms with Crippen molar-refractivity contribution in [1.82, 2.24) is 4.98 Å². The van der Waals surface area contributed by atoms with Gasteiger partial charge in [-0.3, -0.25) is 0 Å². The van der Waals surface area contributed by atoms with Crippen LogP contribution in [0.2, 0.25) is 0 Å². The number of halogens is 1. The summed E-state index contributed by atoms with van der Waals surface area (Å²) in [5.41, 5.74) is 1.92. The summed E-state index contributed by atoms with van der Waals surface area (Å²) < 4.78 is 10.1. The van der Waals surface area contributed by atoms with E-state index >= 15 is 0 Å². The molecule has 0 bridgehead atoms. The van der Waals surface area contributed by atoms with Gasteiger partial charge in [-0.05, 0) is 31.2 Å². The molecule has 6 heteroatoms. The highest BCUT2D eigenvalue weighted by Gasteiger charge is 2.07. The number of carbonyl (C=O) groups excluding carboxylic acids is 1. The molecule has 2 aromatic rings. The van der Waals surface area contributed by atoms with Crippen molar-refractivity contribution in [2.24, 2.45) is 0 Å². The van der Waals surface area contributed by atoms with Gasteiger partial charge in [-0.1, -0.05) is 0 Å². The Morgan fingerprint density at radius 3 is 2.74 bits per heavy atom. The largest absolute Gasteiger partial charge is 0.462 e. The first-order valence-electron chi connectivity index (χ1n) is 5.77. The lowest BCUT2D eigenvalue weighted by molar-refractivity contribution is 0.0526. The van der Waals surface area contributed by atoms with E-state index < -0.39 is 0 Å². The first-order valence-corrected chi connectivity index (χ1v) is 6.31. The molecule has 5 nitrogen and oxygen atoms in total. The van der Waals surface area contributed by atoms with Crippen molar-refractivity contribution >= 4 is 29.3 Å². The average Bonchev–Trinajstić information content (AvgIpc) is 2.87. The Labute approximate surface area is 115 Å². The fourth-order valence-corrected chi connectivity index (χ4v) is 1.58. The third-order valence-electron chi connectivity index (χ3n) is 2.34. The van der Waals surface area contributed by atoms with Crippen LogP contribution in [-0.4, -0.2) is 17.6 Å². The maximum absolute atomic E-state index is 11.5. The van der Waals surface area contributed by atoms with Crippen LogP contribution in [0.4, 0.5) is 11.7 Å². The first kappa shape index (κ1) is 13.4. The molecule has 1 aromatic heterocycles. The molecule has 0 aliphatic heterocycles. The Kier molecular flexibility index (Phi) is 4.41. The van der Waals surface area contributed by atoms with E-state index in [0.717, 1.165) is 5.69 Å². The molecule has 0 aliphatic carbocycles. The number of hydrogen-bond donors (Lipinski definition) is 1. The van der Waals surface area contributed by atoms with Gasteiger partial charge in [0.15, 0.2) is 0 Å². The summed E-state index contributed by atoms with van der Waals surface area (Å²) in [6.45, 7) is 2.13. The number of hydrogen-bond acceptors (Lipinski definition) is 5. The second-order valence-electron chi connectivity index (χ2n) is 3.70. The Morgan fingerprint density at radius 1 is 1.42 bits per heavy atom. The van der Waals surface area contributed by atoms with Gasteiger partial charge in [0.1, 0.15) is 6.26 Å². The molecule has 0 radical (unpaired) electrons. The maximum atomic E-state index is 11.5. The van der Waals surface area contributed by atoms with Crippen LogP contribution >= 0.6 is 11.6 Å². The van der Waals surface area contributed by atoms with Crippen molar-refractivity contribution in [1.29, 1.82) is 0 Å². The second-order valence-corrected chi connectivity index (χ2v) is 3.97. The van der Waals surface area contributed by atoms with E-state index in [-0.39, 0.29) is 5.97 Å².